The van der Waals surface area contributed by atoms with Crippen molar-refractivity contribution in [2.75, 3.05) is 19.7 Å². The van der Waals surface area contributed by atoms with Crippen LogP contribution in [-0.2, 0) is 13.0 Å². The minimum Gasteiger partial charge on any atom is -0.493 e. The van der Waals surface area contributed by atoms with Crippen molar-refractivity contribution in [1.82, 2.24) is 10.2 Å². The van der Waals surface area contributed by atoms with E-state index in [0.29, 0.717) is 12.5 Å². The first-order valence-corrected chi connectivity index (χ1v) is 8.98. The molecule has 0 spiro atoms. The maximum atomic E-state index is 12.3. The summed E-state index contributed by atoms with van der Waals surface area (Å²) in [5.41, 5.74) is 2.64. The van der Waals surface area contributed by atoms with E-state index in [4.69, 9.17) is 4.74 Å². The molecule has 0 saturated carbocycles. The third-order valence-corrected chi connectivity index (χ3v) is 5.53. The molecule has 2 aliphatic rings. The summed E-state index contributed by atoms with van der Waals surface area (Å²) in [6, 6.07) is 10.6. The fraction of sp³-hybridized carbons (Fsp3) is 0.389. The van der Waals surface area contributed by atoms with Gasteiger partial charge in [0, 0.05) is 30.3 Å². The lowest BCUT2D eigenvalue weighted by Gasteiger charge is -2.17. The fourth-order valence-corrected chi connectivity index (χ4v) is 4.01. The largest absolute Gasteiger partial charge is 0.493 e. The number of amides is 2. The Balaban J connectivity index is 1.36. The lowest BCUT2D eigenvalue weighted by molar-refractivity contribution is 0.208. The van der Waals surface area contributed by atoms with Gasteiger partial charge in [-0.3, -0.25) is 0 Å². The highest BCUT2D eigenvalue weighted by molar-refractivity contribution is 7.09. The van der Waals surface area contributed by atoms with Crippen molar-refractivity contribution in [2.24, 2.45) is 0 Å². The summed E-state index contributed by atoms with van der Waals surface area (Å²) in [4.78, 5) is 15.4. The zero-order chi connectivity index (χ0) is 15.6. The molecule has 2 aliphatic heterocycles. The predicted molar refractivity (Wildman–Crippen MR) is 91.1 cm³/mol. The number of thiophene rings is 1. The number of carbonyl (C=O) groups is 1. The van der Waals surface area contributed by atoms with Crippen molar-refractivity contribution in [3.05, 3.63) is 51.7 Å². The second-order valence-electron chi connectivity index (χ2n) is 6.14. The number of hydrogen-bond acceptors (Lipinski definition) is 3. The third kappa shape index (κ3) is 3.06. The molecular formula is C18H20N2O2S. The summed E-state index contributed by atoms with van der Waals surface area (Å²) in [7, 11) is 0. The molecule has 0 radical (unpaired) electrons. The molecule has 1 aromatic carbocycles. The Morgan fingerprint density at radius 1 is 1.39 bits per heavy atom. The van der Waals surface area contributed by atoms with Gasteiger partial charge in [-0.1, -0.05) is 18.2 Å². The number of urea groups is 1. The molecule has 1 saturated heterocycles. The highest BCUT2D eigenvalue weighted by atomic mass is 32.1. The normalized spacial score (nSPS) is 19.5. The monoisotopic (exact) mass is 328 g/mol. The van der Waals surface area contributed by atoms with Gasteiger partial charge in [0.05, 0.1) is 13.2 Å². The fourth-order valence-electron chi connectivity index (χ4n) is 3.36. The molecule has 4 nitrogen and oxygen atoms in total. The smallest absolute Gasteiger partial charge is 0.317 e. The van der Waals surface area contributed by atoms with E-state index in [0.717, 1.165) is 38.3 Å². The SMILES string of the molecule is O=C(NCc1cccs1)N1CC[C@@H](c2ccc3c(c2)CCO3)C1. The summed E-state index contributed by atoms with van der Waals surface area (Å²) < 4.78 is 5.57. The first-order valence-electron chi connectivity index (χ1n) is 8.10. The van der Waals surface area contributed by atoms with Crippen LogP contribution < -0.4 is 10.1 Å². The van der Waals surface area contributed by atoms with Crippen LogP contribution in [0, 0.1) is 0 Å². The van der Waals surface area contributed by atoms with Crippen LogP contribution in [-0.4, -0.2) is 30.6 Å². The van der Waals surface area contributed by atoms with Crippen molar-refractivity contribution in [2.45, 2.75) is 25.3 Å². The van der Waals surface area contributed by atoms with E-state index in [1.165, 1.54) is 16.0 Å². The molecule has 0 bridgehead atoms. The van der Waals surface area contributed by atoms with Crippen molar-refractivity contribution in [3.8, 4) is 5.75 Å². The van der Waals surface area contributed by atoms with Crippen LogP contribution in [0.15, 0.2) is 35.7 Å². The van der Waals surface area contributed by atoms with Gasteiger partial charge >= 0.3 is 6.03 Å². The Labute approximate surface area is 140 Å². The predicted octanol–water partition coefficient (Wildman–Crippen LogP) is 3.38. The van der Waals surface area contributed by atoms with Gasteiger partial charge in [-0.05, 0) is 35.1 Å². The van der Waals surface area contributed by atoms with Gasteiger partial charge < -0.3 is 15.0 Å². The Morgan fingerprint density at radius 2 is 2.35 bits per heavy atom. The number of nitrogens with one attached hydrogen (secondary N) is 1. The van der Waals surface area contributed by atoms with Crippen LogP contribution in [0.1, 0.15) is 28.3 Å². The lowest BCUT2D eigenvalue weighted by atomic mass is 9.96. The molecule has 5 heteroatoms. The maximum absolute atomic E-state index is 12.3. The molecule has 3 heterocycles. The van der Waals surface area contributed by atoms with Crippen LogP contribution in [0.3, 0.4) is 0 Å². The Kier molecular flexibility index (Phi) is 3.95. The van der Waals surface area contributed by atoms with E-state index >= 15 is 0 Å². The molecule has 0 aliphatic carbocycles. The number of likely N-dealkylation sites (tertiary alicyclic amines) is 1. The average Bonchev–Trinajstić information content (AvgIpc) is 3.32. The number of carbonyl (C=O) groups excluding carboxylic acids is 1. The molecule has 120 valence electrons. The van der Waals surface area contributed by atoms with Crippen LogP contribution in [0.5, 0.6) is 5.75 Å². The molecule has 2 aromatic rings. The average molecular weight is 328 g/mol. The van der Waals surface area contributed by atoms with Crippen LogP contribution in [0.4, 0.5) is 4.79 Å². The van der Waals surface area contributed by atoms with Gasteiger partial charge in [-0.25, -0.2) is 4.79 Å². The molecule has 0 unspecified atom stereocenters. The van der Waals surface area contributed by atoms with Gasteiger partial charge in [0.1, 0.15) is 5.75 Å². The highest BCUT2D eigenvalue weighted by Gasteiger charge is 2.28. The van der Waals surface area contributed by atoms with Gasteiger partial charge in [-0.15, -0.1) is 11.3 Å². The third-order valence-electron chi connectivity index (χ3n) is 4.65. The van der Waals surface area contributed by atoms with E-state index in [1.54, 1.807) is 11.3 Å². The number of ether oxygens (including phenoxy) is 1. The topological polar surface area (TPSA) is 41.6 Å². The number of nitrogens with zero attached hydrogens (tertiary/aromatic N) is 1. The number of rotatable bonds is 3. The summed E-state index contributed by atoms with van der Waals surface area (Å²) >= 11 is 1.67. The maximum Gasteiger partial charge on any atom is 0.317 e. The Morgan fingerprint density at radius 3 is 3.22 bits per heavy atom. The highest BCUT2D eigenvalue weighted by Crippen LogP contribution is 2.32. The molecule has 4 rings (SSSR count). The van der Waals surface area contributed by atoms with Crippen molar-refractivity contribution >= 4 is 17.4 Å². The quantitative estimate of drug-likeness (QED) is 0.938. The lowest BCUT2D eigenvalue weighted by Crippen LogP contribution is -2.37. The second kappa shape index (κ2) is 6.24. The van der Waals surface area contributed by atoms with E-state index in [1.807, 2.05) is 22.4 Å². The van der Waals surface area contributed by atoms with Gasteiger partial charge in [-0.2, -0.15) is 0 Å². The molecule has 1 atom stereocenters. The van der Waals surface area contributed by atoms with Crippen molar-refractivity contribution in [3.63, 3.8) is 0 Å². The molecule has 1 aromatic heterocycles. The first-order chi connectivity index (χ1) is 11.3. The molecule has 1 fully saturated rings. The van der Waals surface area contributed by atoms with E-state index in [-0.39, 0.29) is 6.03 Å². The molecule has 2 amide bonds. The van der Waals surface area contributed by atoms with Crippen molar-refractivity contribution in [1.29, 1.82) is 0 Å². The van der Waals surface area contributed by atoms with Crippen molar-refractivity contribution < 1.29 is 9.53 Å². The van der Waals surface area contributed by atoms with Crippen LogP contribution in [0.25, 0.3) is 0 Å². The summed E-state index contributed by atoms with van der Waals surface area (Å²) in [6.45, 7) is 3.04. The first kappa shape index (κ1) is 14.6. The van der Waals surface area contributed by atoms with Gasteiger partial charge in [0.25, 0.3) is 0 Å². The zero-order valence-corrected chi connectivity index (χ0v) is 13.8. The van der Waals surface area contributed by atoms with Crippen LogP contribution >= 0.6 is 11.3 Å². The Hall–Kier alpha value is -2.01. The summed E-state index contributed by atoms with van der Waals surface area (Å²) in [6.07, 6.45) is 2.03. The minimum absolute atomic E-state index is 0.0467. The summed E-state index contributed by atoms with van der Waals surface area (Å²) in [5.74, 6) is 1.46. The van der Waals surface area contributed by atoms with E-state index in [9.17, 15) is 4.79 Å². The van der Waals surface area contributed by atoms with Gasteiger partial charge in [0.15, 0.2) is 0 Å². The number of benzene rings is 1. The van der Waals surface area contributed by atoms with Crippen LogP contribution in [0.2, 0.25) is 0 Å². The van der Waals surface area contributed by atoms with Gasteiger partial charge in [0.2, 0.25) is 0 Å². The summed E-state index contributed by atoms with van der Waals surface area (Å²) in [5, 5.41) is 5.05. The number of hydrogen-bond donors (Lipinski definition) is 1. The molecular weight excluding hydrogens is 308 g/mol. The zero-order valence-electron chi connectivity index (χ0n) is 13.0. The van der Waals surface area contributed by atoms with E-state index < -0.39 is 0 Å². The molecule has 23 heavy (non-hydrogen) atoms. The minimum atomic E-state index is 0.0467. The molecule has 1 N–H and O–H groups in total. The second-order valence-corrected chi connectivity index (χ2v) is 7.17. The Bertz CT molecular complexity index is 699. The standard InChI is InChI=1S/C18H20N2O2S/c21-18(19-11-16-2-1-9-23-16)20-7-5-15(12-20)13-3-4-17-14(10-13)6-8-22-17/h1-4,9-10,15H,5-8,11-12H2,(H,19,21)/t15-/m1/s1. The van der Waals surface area contributed by atoms with E-state index in [2.05, 4.69) is 23.5 Å². The number of fused-ring (bicyclic) bond motifs is 1.